The number of piperidine rings is 1. The van der Waals surface area contributed by atoms with E-state index in [1.807, 2.05) is 44.2 Å². The second-order valence-electron chi connectivity index (χ2n) is 8.78. The van der Waals surface area contributed by atoms with Crippen molar-refractivity contribution in [1.82, 2.24) is 14.4 Å². The summed E-state index contributed by atoms with van der Waals surface area (Å²) in [4.78, 5) is 17.8. The van der Waals surface area contributed by atoms with Gasteiger partial charge in [0.2, 0.25) is 10.0 Å². The molecule has 1 aromatic heterocycles. The lowest BCUT2D eigenvalue weighted by atomic mass is 9.73. The molecule has 0 atom stereocenters. The largest absolute Gasteiger partial charge is 0.495 e. The Morgan fingerprint density at radius 2 is 1.74 bits per heavy atom. The van der Waals surface area contributed by atoms with Crippen LogP contribution in [0.4, 0.5) is 0 Å². The molecule has 186 valence electrons. The van der Waals surface area contributed by atoms with Gasteiger partial charge in [-0.25, -0.2) is 8.42 Å². The molecular weight excluding hydrogens is 470 g/mol. The standard InChI is InChI=1S/C25H29N3O6S/c1-18(2)23-26-22(34-27-23)17-33-24(29)25(19-9-5-4-6-10-19)13-15-28(16-14-25)35(30,31)21-12-8-7-11-20(21)32-3/h4-12,18H,13-17H2,1-3H3. The fourth-order valence-electron chi connectivity index (χ4n) is 4.27. The quantitative estimate of drug-likeness (QED) is 0.432. The molecule has 2 heterocycles. The van der Waals surface area contributed by atoms with E-state index >= 15 is 0 Å². The van der Waals surface area contributed by atoms with Crippen LogP contribution in [0.1, 0.15) is 49.9 Å². The highest BCUT2D eigenvalue weighted by Crippen LogP contribution is 2.39. The number of hydrogen-bond acceptors (Lipinski definition) is 8. The molecule has 2 aromatic carbocycles. The Morgan fingerprint density at radius 1 is 1.09 bits per heavy atom. The lowest BCUT2D eigenvalue weighted by molar-refractivity contribution is -0.154. The third kappa shape index (κ3) is 4.94. The van der Waals surface area contributed by atoms with E-state index in [4.69, 9.17) is 14.0 Å². The van der Waals surface area contributed by atoms with Crippen molar-refractivity contribution in [1.29, 1.82) is 0 Å². The third-order valence-electron chi connectivity index (χ3n) is 6.31. The fraction of sp³-hybridized carbons (Fsp3) is 0.400. The zero-order valence-corrected chi connectivity index (χ0v) is 20.8. The molecule has 0 radical (unpaired) electrons. The molecule has 1 aliphatic heterocycles. The smallest absolute Gasteiger partial charge is 0.317 e. The fourth-order valence-corrected chi connectivity index (χ4v) is 5.87. The predicted molar refractivity (Wildman–Crippen MR) is 127 cm³/mol. The number of esters is 1. The van der Waals surface area contributed by atoms with Crippen molar-refractivity contribution >= 4 is 16.0 Å². The van der Waals surface area contributed by atoms with Crippen molar-refractivity contribution in [2.45, 2.75) is 49.5 Å². The van der Waals surface area contributed by atoms with Gasteiger partial charge >= 0.3 is 5.97 Å². The molecule has 10 heteroatoms. The molecule has 0 amide bonds. The summed E-state index contributed by atoms with van der Waals surface area (Å²) in [5.41, 5.74) is -0.206. The van der Waals surface area contributed by atoms with Crippen LogP contribution in [0.15, 0.2) is 64.0 Å². The van der Waals surface area contributed by atoms with Crippen molar-refractivity contribution in [3.05, 3.63) is 71.9 Å². The van der Waals surface area contributed by atoms with E-state index in [1.54, 1.807) is 18.2 Å². The summed E-state index contributed by atoms with van der Waals surface area (Å²) in [6.45, 7) is 4.05. The average molecular weight is 500 g/mol. The first kappa shape index (κ1) is 24.9. The molecule has 3 aromatic rings. The Hall–Kier alpha value is -3.24. The van der Waals surface area contributed by atoms with E-state index in [9.17, 15) is 13.2 Å². The van der Waals surface area contributed by atoms with Crippen molar-refractivity contribution in [3.63, 3.8) is 0 Å². The highest BCUT2D eigenvalue weighted by molar-refractivity contribution is 7.89. The van der Waals surface area contributed by atoms with Gasteiger partial charge in [0.15, 0.2) is 12.4 Å². The molecular formula is C25H29N3O6S. The highest BCUT2D eigenvalue weighted by atomic mass is 32.2. The van der Waals surface area contributed by atoms with Crippen molar-refractivity contribution < 1.29 is 27.2 Å². The van der Waals surface area contributed by atoms with Crippen LogP contribution in [0.3, 0.4) is 0 Å². The van der Waals surface area contributed by atoms with Gasteiger partial charge in [-0.05, 0) is 30.5 Å². The molecule has 1 fully saturated rings. The van der Waals surface area contributed by atoms with Crippen molar-refractivity contribution in [3.8, 4) is 5.75 Å². The number of hydrogen-bond donors (Lipinski definition) is 0. The number of ether oxygens (including phenoxy) is 2. The molecule has 0 saturated carbocycles. The average Bonchev–Trinajstić information content (AvgIpc) is 3.37. The van der Waals surface area contributed by atoms with Gasteiger partial charge in [0.25, 0.3) is 5.89 Å². The first-order chi connectivity index (χ1) is 16.8. The predicted octanol–water partition coefficient (Wildman–Crippen LogP) is 3.67. The van der Waals surface area contributed by atoms with E-state index in [0.29, 0.717) is 5.82 Å². The first-order valence-electron chi connectivity index (χ1n) is 11.5. The molecule has 1 saturated heterocycles. The second-order valence-corrected chi connectivity index (χ2v) is 10.7. The molecule has 0 bridgehead atoms. The Balaban J connectivity index is 1.55. The Morgan fingerprint density at radius 3 is 2.37 bits per heavy atom. The van der Waals surface area contributed by atoms with Crippen LogP contribution in [0.5, 0.6) is 5.75 Å². The maximum atomic E-state index is 13.5. The van der Waals surface area contributed by atoms with Crippen LogP contribution >= 0.6 is 0 Å². The van der Waals surface area contributed by atoms with Crippen molar-refractivity contribution in [2.24, 2.45) is 0 Å². The molecule has 1 aliphatic rings. The van der Waals surface area contributed by atoms with Crippen molar-refractivity contribution in [2.75, 3.05) is 20.2 Å². The Labute approximate surface area is 205 Å². The summed E-state index contributed by atoms with van der Waals surface area (Å²) >= 11 is 0. The van der Waals surface area contributed by atoms with Gasteiger partial charge in [0, 0.05) is 19.0 Å². The minimum atomic E-state index is -3.80. The third-order valence-corrected chi connectivity index (χ3v) is 8.24. The van der Waals surface area contributed by atoms with E-state index < -0.39 is 21.4 Å². The van der Waals surface area contributed by atoms with Gasteiger partial charge in [-0.2, -0.15) is 9.29 Å². The minimum Gasteiger partial charge on any atom is -0.495 e. The molecule has 4 rings (SSSR count). The van der Waals surface area contributed by atoms with Crippen LogP contribution in [-0.4, -0.2) is 49.0 Å². The van der Waals surface area contributed by atoms with Gasteiger partial charge in [-0.15, -0.1) is 0 Å². The number of aromatic nitrogens is 2. The van der Waals surface area contributed by atoms with Gasteiger partial charge in [-0.3, -0.25) is 4.79 Å². The molecule has 0 N–H and O–H groups in total. The molecule has 0 unspecified atom stereocenters. The van der Waals surface area contributed by atoms with Crippen LogP contribution < -0.4 is 4.74 Å². The topological polar surface area (TPSA) is 112 Å². The van der Waals surface area contributed by atoms with E-state index in [0.717, 1.165) is 5.56 Å². The summed E-state index contributed by atoms with van der Waals surface area (Å²) in [6.07, 6.45) is 0.538. The van der Waals surface area contributed by atoms with Crippen LogP contribution in [-0.2, 0) is 31.6 Å². The lowest BCUT2D eigenvalue weighted by Crippen LogP contribution is -2.49. The number of methoxy groups -OCH3 is 1. The summed E-state index contributed by atoms with van der Waals surface area (Å²) < 4.78 is 44.2. The monoisotopic (exact) mass is 499 g/mol. The summed E-state index contributed by atoms with van der Waals surface area (Å²) in [5, 5.41) is 3.90. The number of benzene rings is 2. The first-order valence-corrected chi connectivity index (χ1v) is 12.9. The number of nitrogens with zero attached hydrogens (tertiary/aromatic N) is 3. The number of sulfonamides is 1. The zero-order valence-electron chi connectivity index (χ0n) is 20.0. The molecule has 35 heavy (non-hydrogen) atoms. The normalized spacial score (nSPS) is 16.2. The van der Waals surface area contributed by atoms with Gasteiger partial charge in [-0.1, -0.05) is 61.5 Å². The maximum Gasteiger partial charge on any atom is 0.317 e. The molecule has 0 aliphatic carbocycles. The van der Waals surface area contributed by atoms with Gasteiger partial charge in [0.1, 0.15) is 10.6 Å². The maximum absolute atomic E-state index is 13.5. The highest BCUT2D eigenvalue weighted by Gasteiger charge is 2.46. The Kier molecular flexibility index (Phi) is 7.23. The number of rotatable bonds is 8. The number of para-hydroxylation sites is 1. The van der Waals surface area contributed by atoms with Gasteiger partial charge < -0.3 is 14.0 Å². The van der Waals surface area contributed by atoms with Crippen LogP contribution in [0, 0.1) is 0 Å². The van der Waals surface area contributed by atoms with E-state index in [1.165, 1.54) is 17.5 Å². The van der Waals surface area contributed by atoms with E-state index in [2.05, 4.69) is 10.1 Å². The number of carbonyl (C=O) groups is 1. The number of carbonyl (C=O) groups excluding carboxylic acids is 1. The summed E-state index contributed by atoms with van der Waals surface area (Å²) in [5.74, 6) is 0.702. The SMILES string of the molecule is COc1ccccc1S(=O)(=O)N1CCC(C(=O)OCc2nc(C(C)C)no2)(c2ccccc2)CC1. The Bertz CT molecular complexity index is 1270. The molecule has 0 spiro atoms. The second kappa shape index (κ2) is 10.2. The summed E-state index contributed by atoms with van der Waals surface area (Å²) in [6, 6.07) is 15.8. The van der Waals surface area contributed by atoms with Gasteiger partial charge in [0.05, 0.1) is 12.5 Å². The summed E-state index contributed by atoms with van der Waals surface area (Å²) in [7, 11) is -2.36. The van der Waals surface area contributed by atoms with E-state index in [-0.39, 0.29) is 55.0 Å². The van der Waals surface area contributed by atoms with Crippen LogP contribution in [0.25, 0.3) is 0 Å². The molecule has 9 nitrogen and oxygen atoms in total. The zero-order chi connectivity index (χ0) is 25.1. The minimum absolute atomic E-state index is 0.0911. The van der Waals surface area contributed by atoms with Crippen LogP contribution in [0.2, 0.25) is 0 Å². The lowest BCUT2D eigenvalue weighted by Gasteiger charge is -2.39.